The maximum atomic E-state index is 15.1. The summed E-state index contributed by atoms with van der Waals surface area (Å²) in [4.78, 5) is 270. The van der Waals surface area contributed by atoms with Crippen molar-refractivity contribution in [1.82, 2.24) is 120 Å². The molecule has 36 N–H and O–H groups in total. The summed E-state index contributed by atoms with van der Waals surface area (Å²) in [7, 11) is 0. The molecule has 0 unspecified atom stereocenters. The van der Waals surface area contributed by atoms with Crippen LogP contribution in [-0.2, 0) is 118 Å². The quantitative estimate of drug-likeness (QED) is 0.00728. The number of H-pyrrole nitrogens is 4. The van der Waals surface area contributed by atoms with Crippen LogP contribution in [-0.4, -0.2) is 331 Å². The van der Waals surface area contributed by atoms with Crippen molar-refractivity contribution in [2.75, 3.05) is 71.4 Å². The smallest absolute Gasteiger partial charge is 0.248 e. The number of primary amides is 1. The third kappa shape index (κ3) is 34.9. The van der Waals surface area contributed by atoms with E-state index < -0.39 is 249 Å². The van der Waals surface area contributed by atoms with Crippen LogP contribution in [0.5, 0.6) is 0 Å². The first-order valence-electron chi connectivity index (χ1n) is 48.3. The van der Waals surface area contributed by atoms with Crippen LogP contribution in [0.15, 0.2) is 134 Å². The van der Waals surface area contributed by atoms with Crippen molar-refractivity contribution in [2.24, 2.45) is 28.7 Å². The van der Waals surface area contributed by atoms with Crippen molar-refractivity contribution >= 4 is 158 Å². The molecule has 1 aliphatic heterocycles. The number of likely N-dealkylation sites (tertiary alicyclic amines) is 1. The van der Waals surface area contributed by atoms with Gasteiger partial charge in [-0.05, 0) is 125 Å². The highest BCUT2D eigenvalue weighted by molar-refractivity contribution is 7.80. The molecule has 4 aromatic carbocycles. The summed E-state index contributed by atoms with van der Waals surface area (Å²) in [5.41, 5.74) is 32.5. The summed E-state index contributed by atoms with van der Waals surface area (Å²) in [6.07, 6.45) is 8.45. The van der Waals surface area contributed by atoms with E-state index in [2.05, 4.69) is 128 Å². The van der Waals surface area contributed by atoms with E-state index in [1.807, 2.05) is 0 Å². The number of thiol groups is 1. The minimum Gasteiger partial charge on any atom is -0.394 e. The first kappa shape index (κ1) is 116. The van der Waals surface area contributed by atoms with Crippen LogP contribution in [0.1, 0.15) is 106 Å². The Labute approximate surface area is 854 Å². The molecule has 0 radical (unpaired) electrons. The zero-order valence-corrected chi connectivity index (χ0v) is 82.6. The van der Waals surface area contributed by atoms with Gasteiger partial charge in [-0.1, -0.05) is 91.3 Å². The van der Waals surface area contributed by atoms with Gasteiger partial charge in [0.05, 0.1) is 51.9 Å². The van der Waals surface area contributed by atoms with Crippen LogP contribution in [0.3, 0.4) is 0 Å². The number of aromatic nitrogens is 5. The Balaban J connectivity index is 0.831. The molecule has 148 heavy (non-hydrogen) atoms. The summed E-state index contributed by atoms with van der Waals surface area (Å²) < 4.78 is 0. The van der Waals surface area contributed by atoms with Gasteiger partial charge in [0.2, 0.25) is 106 Å². The third-order valence-corrected chi connectivity index (χ3v) is 24.9. The van der Waals surface area contributed by atoms with E-state index in [1.54, 1.807) is 122 Å². The number of carbonyl (C=O) groups is 18. The average Bonchev–Trinajstić information content (AvgIpc) is 1.67. The summed E-state index contributed by atoms with van der Waals surface area (Å²) >= 11 is 3.98. The summed E-state index contributed by atoms with van der Waals surface area (Å²) in [6.45, 7) is -2.74. The lowest BCUT2D eigenvalue weighted by Gasteiger charge is -2.30. The number of rotatable bonds is 61. The van der Waals surface area contributed by atoms with E-state index >= 15 is 9.59 Å². The lowest BCUT2D eigenvalue weighted by molar-refractivity contribution is -0.143. The highest BCUT2D eigenvalue weighted by atomic mass is 32.1. The van der Waals surface area contributed by atoms with E-state index in [0.717, 1.165) is 4.90 Å². The standard InChI is InChI=1S/C96H133N29O22S/c1-51(111-82(134)52(2)112-84(136)65(27-13-15-31-98)115-86(138)67(34-53-18-4-3-5-19-53)116-85(137)66(28-16-32-104-96(101)102)114-83(135)61(99)23-12-14-30-97)81(133)109-43-78(130)108-44-79(131)113-68(35-54-39-105-62-24-9-6-20-58(54)62)87(139)120-72(45-126)91(143)118-71(38-57-42-103-50-110-57)90(142)117-69(36-55-40-106-63-25-10-7-21-59(55)63)89(141)123-75(48-129)95(147)125-33-17-29-77(125)94(146)119-70(37-56-41-107-64-26-11-8-22-60(56)64)88(140)121-73(46-127)92(144)122-74(47-128)93(145)124-76(49-148)80(100)132/h3-11,18-22,24-26,39-42,50-52,61,65-77,105-107,126-129,148H,12-17,23,27-38,43-49,97-99H2,1-2H3,(H2,100,132)(H,103,110)(H,108,130)(H,109,133)(H,111,134)(H,112,136)(H,113,131)(H,114,135)(H,115,138)(H,116,137)(H,117,142)(H,118,143)(H,119,146)(H,120,139)(H,121,140)(H,122,144)(H,123,141)(H,124,145)(H4,101,102,104)/t51-,52-,61-,65-,66-,67-,68-,69-,70-,71-,72-,73-,74-,75-,76-,77-/m0/s1. The number of hydrogen-bond donors (Lipinski definition) is 32. The first-order valence-corrected chi connectivity index (χ1v) is 48.9. The molecule has 1 aliphatic rings. The molecular formula is C96H133N29O22S. The van der Waals surface area contributed by atoms with Crippen molar-refractivity contribution in [3.05, 3.63) is 162 Å². The second-order valence-corrected chi connectivity index (χ2v) is 35.9. The van der Waals surface area contributed by atoms with Crippen LogP contribution in [0.25, 0.3) is 32.7 Å². The number of carbonyl (C=O) groups excluding carboxylic acids is 18. The molecule has 1 saturated heterocycles. The molecule has 1 fully saturated rings. The van der Waals surface area contributed by atoms with Gasteiger partial charge in [0.25, 0.3) is 0 Å². The summed E-state index contributed by atoms with van der Waals surface area (Å²) in [5.74, 6) is -17.9. The van der Waals surface area contributed by atoms with Crippen LogP contribution < -0.4 is 119 Å². The number of nitrogens with one attached hydrogen (secondary N) is 22. The fraction of sp³-hybridized carbons (Fsp3) is 0.458. The van der Waals surface area contributed by atoms with Gasteiger partial charge in [0, 0.05) is 114 Å². The highest BCUT2D eigenvalue weighted by Gasteiger charge is 2.43. The number of aliphatic hydroxyl groups excluding tert-OH is 4. The second-order valence-electron chi connectivity index (χ2n) is 35.6. The number of unbranched alkanes of at least 4 members (excludes halogenated alkanes) is 2. The summed E-state index contributed by atoms with van der Waals surface area (Å²) in [6, 6.07) is 5.11. The Morgan fingerprint density at radius 3 is 1.28 bits per heavy atom. The maximum absolute atomic E-state index is 15.1. The van der Waals surface area contributed by atoms with Gasteiger partial charge in [0.15, 0.2) is 5.96 Å². The number of fused-ring (bicyclic) bond motifs is 3. The number of amides is 18. The van der Waals surface area contributed by atoms with Crippen molar-refractivity contribution < 1.29 is 107 Å². The topological polar surface area (TPSA) is 826 Å². The predicted octanol–water partition coefficient (Wildman–Crippen LogP) is -8.35. The number of nitrogens with two attached hydrogens (primary N) is 5. The zero-order valence-electron chi connectivity index (χ0n) is 81.7. The number of benzene rings is 4. The van der Waals surface area contributed by atoms with Gasteiger partial charge in [-0.3, -0.25) is 91.7 Å². The number of aliphatic hydroxyl groups is 4. The Morgan fingerprint density at radius 1 is 0.412 bits per heavy atom. The number of nitrogens with zero attached hydrogens (tertiary/aromatic N) is 2. The van der Waals surface area contributed by atoms with Crippen molar-refractivity contribution in [2.45, 2.75) is 207 Å². The molecular weight excluding hydrogens is 1940 g/mol. The molecule has 0 bridgehead atoms. The lowest BCUT2D eigenvalue weighted by Crippen LogP contribution is -2.62. The predicted molar refractivity (Wildman–Crippen MR) is 542 cm³/mol. The molecule has 51 nitrogen and oxygen atoms in total. The molecule has 8 aromatic rings. The Morgan fingerprint density at radius 2 is 0.804 bits per heavy atom. The van der Waals surface area contributed by atoms with E-state index in [1.165, 1.54) is 26.4 Å². The average molecular weight is 2080 g/mol. The number of imidazole rings is 1. The molecule has 0 saturated carbocycles. The van der Waals surface area contributed by atoms with Gasteiger partial charge >= 0.3 is 0 Å². The monoisotopic (exact) mass is 2080 g/mol. The highest BCUT2D eigenvalue weighted by Crippen LogP contribution is 2.26. The Kier molecular flexibility index (Phi) is 46.0. The SMILES string of the molecule is C[C@H](NC(=O)[C@H](C)NC(=O)[C@H](CCCCN)NC(=O)[C@H](Cc1ccccc1)NC(=O)[C@H](CCCNC(=N)N)NC(=O)[C@@H](N)CCCCN)C(=O)NCC(=O)NCC(=O)N[C@@H](Cc1c[nH]c2ccccc12)C(=O)N[C@@H](CO)C(=O)N[C@@H](Cc1cnc[nH]1)C(=O)N[C@@H](Cc1c[nH]c2ccccc12)C(=O)N[C@@H](CO)C(=O)N1CCC[C@H]1C(=O)N[C@@H](Cc1c[nH]c2ccccc12)C(=O)N[C@@H](CO)C(=O)N[C@@H](CO)C(=O)N[C@@H](CS)C(N)=O. The Bertz CT molecular complexity index is 5910. The van der Waals surface area contributed by atoms with Gasteiger partial charge in [-0.2, -0.15) is 12.6 Å². The van der Waals surface area contributed by atoms with Gasteiger partial charge in [0.1, 0.15) is 90.6 Å². The molecule has 0 spiro atoms. The fourth-order valence-corrected chi connectivity index (χ4v) is 16.6. The third-order valence-electron chi connectivity index (χ3n) is 24.5. The number of para-hydroxylation sites is 3. The number of hydrogen-bond acceptors (Lipinski definition) is 28. The molecule has 52 heteroatoms. The first-order chi connectivity index (χ1) is 71.0. The lowest BCUT2D eigenvalue weighted by atomic mass is 10.0. The number of aromatic amines is 4. The largest absolute Gasteiger partial charge is 0.394 e. The van der Waals surface area contributed by atoms with E-state index in [9.17, 15) is 97.1 Å². The minimum absolute atomic E-state index is 0.00743. The minimum atomic E-state index is -1.91. The van der Waals surface area contributed by atoms with Gasteiger partial charge < -0.3 is 164 Å². The molecule has 18 amide bonds. The van der Waals surface area contributed by atoms with E-state index in [0.29, 0.717) is 87.2 Å². The van der Waals surface area contributed by atoms with E-state index in [-0.39, 0.29) is 101 Å². The normalized spacial score (nSPS) is 15.3. The van der Waals surface area contributed by atoms with Crippen LogP contribution >= 0.6 is 12.6 Å². The molecule has 5 heterocycles. The van der Waals surface area contributed by atoms with Crippen molar-refractivity contribution in [3.63, 3.8) is 0 Å². The van der Waals surface area contributed by atoms with Crippen LogP contribution in [0.2, 0.25) is 0 Å². The molecule has 16 atom stereocenters. The summed E-state index contributed by atoms with van der Waals surface area (Å²) in [5, 5.41) is 94.5. The van der Waals surface area contributed by atoms with Crippen LogP contribution in [0.4, 0.5) is 0 Å². The zero-order chi connectivity index (χ0) is 108. The fourth-order valence-electron chi connectivity index (χ4n) is 16.3. The molecule has 9 rings (SSSR count). The van der Waals surface area contributed by atoms with Gasteiger partial charge in [-0.15, -0.1) is 0 Å². The van der Waals surface area contributed by atoms with E-state index in [4.69, 9.17) is 34.1 Å². The van der Waals surface area contributed by atoms with Crippen LogP contribution in [0, 0.1) is 5.41 Å². The van der Waals surface area contributed by atoms with Gasteiger partial charge in [-0.25, -0.2) is 4.98 Å². The molecule has 0 aliphatic carbocycles. The maximum Gasteiger partial charge on any atom is 0.248 e. The van der Waals surface area contributed by atoms with Crippen molar-refractivity contribution in [1.29, 1.82) is 5.41 Å². The number of guanidine groups is 1. The molecule has 800 valence electrons. The second kappa shape index (κ2) is 58.6. The Hall–Kier alpha value is -15.5. The van der Waals surface area contributed by atoms with Crippen molar-refractivity contribution in [3.8, 4) is 0 Å². The molecule has 4 aromatic heterocycles.